The van der Waals surface area contributed by atoms with Crippen LogP contribution in [0.1, 0.15) is 83.6 Å². The smallest absolute Gasteiger partial charge is 0.130 e. The first-order chi connectivity index (χ1) is 13.3. The van der Waals surface area contributed by atoms with Gasteiger partial charge in [-0.15, -0.1) is 0 Å². The van der Waals surface area contributed by atoms with E-state index in [4.69, 9.17) is 4.74 Å². The fourth-order valence-corrected chi connectivity index (χ4v) is 3.77. The highest BCUT2D eigenvalue weighted by molar-refractivity contribution is 5.38. The molecule has 1 unspecified atom stereocenters. The second kappa shape index (κ2) is 13.4. The molecule has 1 nitrogen and oxygen atoms in total. The fourth-order valence-electron chi connectivity index (χ4n) is 3.77. The molecule has 0 spiro atoms. The van der Waals surface area contributed by atoms with Crippen molar-refractivity contribution in [1.82, 2.24) is 0 Å². The van der Waals surface area contributed by atoms with E-state index >= 15 is 0 Å². The molecule has 27 heavy (non-hydrogen) atoms. The molecule has 0 aliphatic carbocycles. The molecule has 0 heterocycles. The standard InChI is InChI=1S/C26H38O/c1-3-5-7-8-11-17-23(16-10-6-4-2)22-24-18-14-15-21-26(24)27-25-19-12-9-13-20-25/h9,12-15,18-21,23H,3-8,10-11,16-17,22H2,1-2H3. The highest BCUT2D eigenvalue weighted by Crippen LogP contribution is 2.30. The van der Waals surface area contributed by atoms with Crippen LogP contribution in [-0.2, 0) is 6.42 Å². The average Bonchev–Trinajstić information content (AvgIpc) is 2.70. The lowest BCUT2D eigenvalue weighted by atomic mass is 9.88. The lowest BCUT2D eigenvalue weighted by molar-refractivity contribution is 0.396. The molecular formula is C26H38O. The molecule has 0 saturated carbocycles. The van der Waals surface area contributed by atoms with Crippen LogP contribution in [0.2, 0.25) is 0 Å². The van der Waals surface area contributed by atoms with E-state index in [1.807, 2.05) is 30.3 Å². The van der Waals surface area contributed by atoms with Crippen LogP contribution in [0.25, 0.3) is 0 Å². The Labute approximate surface area is 167 Å². The Kier molecular flexibility index (Phi) is 10.7. The summed E-state index contributed by atoms with van der Waals surface area (Å²) in [7, 11) is 0. The van der Waals surface area contributed by atoms with Crippen LogP contribution in [0, 0.1) is 5.92 Å². The molecule has 0 fully saturated rings. The van der Waals surface area contributed by atoms with E-state index in [2.05, 4.69) is 38.1 Å². The lowest BCUT2D eigenvalue weighted by Crippen LogP contribution is -2.06. The van der Waals surface area contributed by atoms with Crippen molar-refractivity contribution >= 4 is 0 Å². The highest BCUT2D eigenvalue weighted by Gasteiger charge is 2.13. The van der Waals surface area contributed by atoms with Crippen LogP contribution < -0.4 is 4.74 Å². The molecule has 0 bridgehead atoms. The number of unbranched alkanes of at least 4 members (excludes halogenated alkanes) is 6. The summed E-state index contributed by atoms with van der Waals surface area (Å²) < 4.78 is 6.19. The molecule has 0 N–H and O–H groups in total. The van der Waals surface area contributed by atoms with Gasteiger partial charge in [0.2, 0.25) is 0 Å². The Bertz CT molecular complexity index is 605. The van der Waals surface area contributed by atoms with Crippen LogP contribution in [0.5, 0.6) is 11.5 Å². The predicted molar refractivity (Wildman–Crippen MR) is 118 cm³/mol. The minimum atomic E-state index is 0.777. The second-order valence-electron chi connectivity index (χ2n) is 7.79. The monoisotopic (exact) mass is 366 g/mol. The zero-order valence-electron chi connectivity index (χ0n) is 17.5. The molecule has 1 heteroatoms. The first kappa shape index (κ1) is 21.5. The van der Waals surface area contributed by atoms with E-state index in [-0.39, 0.29) is 0 Å². The molecule has 0 amide bonds. The average molecular weight is 367 g/mol. The predicted octanol–water partition coefficient (Wildman–Crippen LogP) is 8.58. The molecule has 0 aliphatic rings. The molecule has 0 aliphatic heterocycles. The Morgan fingerprint density at radius 3 is 2.00 bits per heavy atom. The number of ether oxygens (including phenoxy) is 1. The van der Waals surface area contributed by atoms with Gasteiger partial charge >= 0.3 is 0 Å². The normalized spacial score (nSPS) is 12.1. The number of para-hydroxylation sites is 2. The van der Waals surface area contributed by atoms with Crippen molar-refractivity contribution in [3.8, 4) is 11.5 Å². The Hall–Kier alpha value is -1.76. The van der Waals surface area contributed by atoms with Gasteiger partial charge in [0.25, 0.3) is 0 Å². The van der Waals surface area contributed by atoms with Crippen LogP contribution >= 0.6 is 0 Å². The number of benzene rings is 2. The third-order valence-corrected chi connectivity index (χ3v) is 5.38. The zero-order chi connectivity index (χ0) is 19.2. The van der Waals surface area contributed by atoms with Gasteiger partial charge in [0.05, 0.1) is 0 Å². The van der Waals surface area contributed by atoms with Gasteiger partial charge in [0.1, 0.15) is 11.5 Å². The summed E-state index contributed by atoms with van der Waals surface area (Å²) in [6.07, 6.45) is 14.7. The van der Waals surface area contributed by atoms with Crippen LogP contribution in [0.3, 0.4) is 0 Å². The van der Waals surface area contributed by atoms with Crippen LogP contribution in [-0.4, -0.2) is 0 Å². The first-order valence-electron chi connectivity index (χ1n) is 11.1. The Morgan fingerprint density at radius 2 is 1.26 bits per heavy atom. The van der Waals surface area contributed by atoms with Crippen molar-refractivity contribution in [3.05, 3.63) is 60.2 Å². The van der Waals surface area contributed by atoms with E-state index < -0.39 is 0 Å². The third-order valence-electron chi connectivity index (χ3n) is 5.38. The summed E-state index contributed by atoms with van der Waals surface area (Å²) in [5.74, 6) is 2.72. The van der Waals surface area contributed by atoms with Gasteiger partial charge in [-0.2, -0.15) is 0 Å². The Morgan fingerprint density at radius 1 is 0.667 bits per heavy atom. The van der Waals surface area contributed by atoms with Crippen LogP contribution in [0.4, 0.5) is 0 Å². The van der Waals surface area contributed by atoms with E-state index in [0.717, 1.165) is 23.8 Å². The second-order valence-corrected chi connectivity index (χ2v) is 7.79. The van der Waals surface area contributed by atoms with Crippen molar-refractivity contribution < 1.29 is 4.74 Å². The van der Waals surface area contributed by atoms with Crippen molar-refractivity contribution in [2.24, 2.45) is 5.92 Å². The van der Waals surface area contributed by atoms with Crippen molar-refractivity contribution in [2.45, 2.75) is 84.5 Å². The molecule has 0 radical (unpaired) electrons. The summed E-state index contributed by atoms with van der Waals surface area (Å²) >= 11 is 0. The largest absolute Gasteiger partial charge is 0.457 e. The van der Waals surface area contributed by atoms with Crippen molar-refractivity contribution in [2.75, 3.05) is 0 Å². The van der Waals surface area contributed by atoms with Gasteiger partial charge in [0, 0.05) is 0 Å². The summed E-state index contributed by atoms with van der Waals surface area (Å²) in [4.78, 5) is 0. The SMILES string of the molecule is CCCCCCCC(CCCCC)Cc1ccccc1Oc1ccccc1. The van der Waals surface area contributed by atoms with E-state index in [0.29, 0.717) is 0 Å². The topological polar surface area (TPSA) is 9.23 Å². The van der Waals surface area contributed by atoms with Crippen LogP contribution in [0.15, 0.2) is 54.6 Å². The summed E-state index contributed by atoms with van der Waals surface area (Å²) in [6.45, 7) is 4.58. The highest BCUT2D eigenvalue weighted by atomic mass is 16.5. The van der Waals surface area contributed by atoms with Gasteiger partial charge in [-0.05, 0) is 36.1 Å². The lowest BCUT2D eigenvalue weighted by Gasteiger charge is -2.19. The maximum absolute atomic E-state index is 6.19. The van der Waals surface area contributed by atoms with Gasteiger partial charge in [-0.3, -0.25) is 0 Å². The molecule has 1 atom stereocenters. The van der Waals surface area contributed by atoms with Crippen molar-refractivity contribution in [3.63, 3.8) is 0 Å². The molecule has 0 saturated heterocycles. The minimum Gasteiger partial charge on any atom is -0.457 e. The van der Waals surface area contributed by atoms with E-state index in [9.17, 15) is 0 Å². The molecule has 2 aromatic carbocycles. The summed E-state index contributed by atoms with van der Waals surface area (Å²) in [5, 5.41) is 0. The van der Waals surface area contributed by atoms with E-state index in [1.54, 1.807) is 0 Å². The number of rotatable bonds is 14. The maximum atomic E-state index is 6.19. The molecule has 148 valence electrons. The zero-order valence-corrected chi connectivity index (χ0v) is 17.5. The quantitative estimate of drug-likeness (QED) is 0.304. The first-order valence-corrected chi connectivity index (χ1v) is 11.1. The number of hydrogen-bond acceptors (Lipinski definition) is 1. The molecule has 2 aromatic rings. The number of hydrogen-bond donors (Lipinski definition) is 0. The molecule has 0 aromatic heterocycles. The molecule has 2 rings (SSSR count). The maximum Gasteiger partial charge on any atom is 0.130 e. The minimum absolute atomic E-state index is 0.777. The van der Waals surface area contributed by atoms with Gasteiger partial charge in [0.15, 0.2) is 0 Å². The molecular weight excluding hydrogens is 328 g/mol. The fraction of sp³-hybridized carbons (Fsp3) is 0.538. The van der Waals surface area contributed by atoms with Gasteiger partial charge in [-0.25, -0.2) is 0 Å². The van der Waals surface area contributed by atoms with Crippen molar-refractivity contribution in [1.29, 1.82) is 0 Å². The summed E-state index contributed by atoms with van der Waals surface area (Å²) in [5.41, 5.74) is 1.36. The van der Waals surface area contributed by atoms with E-state index in [1.165, 1.54) is 69.8 Å². The Balaban J connectivity index is 1.97. The third kappa shape index (κ3) is 8.65. The van der Waals surface area contributed by atoms with Gasteiger partial charge in [-0.1, -0.05) is 114 Å². The van der Waals surface area contributed by atoms with Gasteiger partial charge < -0.3 is 4.74 Å². The summed E-state index contributed by atoms with van der Waals surface area (Å²) in [6, 6.07) is 18.8.